The number of amides is 1. The Bertz CT molecular complexity index is 1050. The molecule has 0 aliphatic carbocycles. The second kappa shape index (κ2) is 7.40. The second-order valence-corrected chi connectivity index (χ2v) is 8.68. The lowest BCUT2D eigenvalue weighted by molar-refractivity contribution is 0.102. The molecular weight excluding hydrogens is 397 g/mol. The number of carbonyl (C=O) groups excluding carboxylic acids is 1. The van der Waals surface area contributed by atoms with Crippen molar-refractivity contribution in [1.82, 2.24) is 10.2 Å². The summed E-state index contributed by atoms with van der Waals surface area (Å²) in [5.41, 5.74) is 7.02. The molecule has 0 saturated carbocycles. The lowest BCUT2D eigenvalue weighted by Crippen LogP contribution is -2.29. The molecule has 3 aromatic rings. The summed E-state index contributed by atoms with van der Waals surface area (Å²) in [6, 6.07) is 10.0. The third-order valence-electron chi connectivity index (χ3n) is 4.60. The third-order valence-corrected chi connectivity index (χ3v) is 6.30. The van der Waals surface area contributed by atoms with E-state index in [0.717, 1.165) is 16.3 Å². The Hall–Kier alpha value is -2.65. The predicted molar refractivity (Wildman–Crippen MR) is 112 cm³/mol. The Morgan fingerprint density at radius 1 is 1.36 bits per heavy atom. The molecular formula is C19H18FN5OS2. The van der Waals surface area contributed by atoms with Crippen LogP contribution in [0.2, 0.25) is 0 Å². The first-order valence-electron chi connectivity index (χ1n) is 8.63. The Morgan fingerprint density at radius 2 is 2.21 bits per heavy atom. The first-order valence-corrected chi connectivity index (χ1v) is 10.5. The number of aliphatic imine (C=N–C) groups is 1. The summed E-state index contributed by atoms with van der Waals surface area (Å²) in [4.78, 5) is 18.0. The lowest BCUT2D eigenvalue weighted by atomic mass is 9.89. The van der Waals surface area contributed by atoms with E-state index in [1.165, 1.54) is 23.9 Å². The number of hydrogen-bond acceptors (Lipinski definition) is 6. The van der Waals surface area contributed by atoms with Gasteiger partial charge in [0.25, 0.3) is 5.91 Å². The maximum Gasteiger partial charge on any atom is 0.276 e. The molecule has 28 heavy (non-hydrogen) atoms. The molecule has 1 unspecified atom stereocenters. The molecule has 3 heterocycles. The molecule has 144 valence electrons. The van der Waals surface area contributed by atoms with Gasteiger partial charge in [0.15, 0.2) is 10.9 Å². The standard InChI is InChI=1S/C19H18FN5OS2/c1-19(6-8-28-18(21)23-19)12-9-11(4-5-13(12)20)22-17(26)15-10-14(24-25-15)16-3-2-7-27-16/h2-5,7,9-10H,6,8H2,1H3,(H2,21,23)(H,22,26)(H,24,25). The average molecular weight is 416 g/mol. The Labute approximate surface area is 169 Å². The van der Waals surface area contributed by atoms with Crippen molar-refractivity contribution in [2.24, 2.45) is 10.7 Å². The minimum Gasteiger partial charge on any atom is -0.379 e. The van der Waals surface area contributed by atoms with Gasteiger partial charge in [0, 0.05) is 17.0 Å². The van der Waals surface area contributed by atoms with Gasteiger partial charge in [0.05, 0.1) is 16.1 Å². The van der Waals surface area contributed by atoms with Gasteiger partial charge in [0.2, 0.25) is 0 Å². The molecule has 1 aliphatic heterocycles. The third kappa shape index (κ3) is 3.67. The van der Waals surface area contributed by atoms with Crippen LogP contribution in [0, 0.1) is 5.82 Å². The number of halogens is 1. The molecule has 1 amide bonds. The van der Waals surface area contributed by atoms with Gasteiger partial charge in [-0.1, -0.05) is 17.8 Å². The highest BCUT2D eigenvalue weighted by Crippen LogP contribution is 2.37. The van der Waals surface area contributed by atoms with E-state index in [0.29, 0.717) is 22.8 Å². The number of aromatic nitrogens is 2. The normalized spacial score (nSPS) is 19.3. The minimum atomic E-state index is -0.751. The summed E-state index contributed by atoms with van der Waals surface area (Å²) in [7, 11) is 0. The van der Waals surface area contributed by atoms with E-state index in [9.17, 15) is 9.18 Å². The van der Waals surface area contributed by atoms with Crippen LogP contribution in [0.15, 0.2) is 46.8 Å². The van der Waals surface area contributed by atoms with E-state index in [1.807, 2.05) is 24.4 Å². The summed E-state index contributed by atoms with van der Waals surface area (Å²) in [5, 5.41) is 12.1. The predicted octanol–water partition coefficient (Wildman–Crippen LogP) is 4.20. The molecule has 1 aromatic carbocycles. The number of nitrogens with one attached hydrogen (secondary N) is 2. The fourth-order valence-corrected chi connectivity index (χ4v) is 4.75. The van der Waals surface area contributed by atoms with Crippen LogP contribution in [0.5, 0.6) is 0 Å². The number of carbonyl (C=O) groups is 1. The number of aromatic amines is 1. The fourth-order valence-electron chi connectivity index (χ4n) is 3.09. The number of hydrogen-bond donors (Lipinski definition) is 3. The van der Waals surface area contributed by atoms with Crippen LogP contribution in [-0.2, 0) is 5.54 Å². The second-order valence-electron chi connectivity index (χ2n) is 6.62. The number of benzene rings is 1. The average Bonchev–Trinajstić information content (AvgIpc) is 3.34. The molecule has 4 N–H and O–H groups in total. The van der Waals surface area contributed by atoms with E-state index in [-0.39, 0.29) is 17.4 Å². The van der Waals surface area contributed by atoms with E-state index < -0.39 is 5.54 Å². The van der Waals surface area contributed by atoms with E-state index >= 15 is 0 Å². The summed E-state index contributed by atoms with van der Waals surface area (Å²) in [6.07, 6.45) is 0.663. The maximum atomic E-state index is 14.5. The molecule has 0 fully saturated rings. The Balaban J connectivity index is 1.57. The van der Waals surface area contributed by atoms with Crippen molar-refractivity contribution in [3.05, 3.63) is 58.9 Å². The van der Waals surface area contributed by atoms with Gasteiger partial charge in [-0.05, 0) is 49.1 Å². The van der Waals surface area contributed by atoms with Crippen LogP contribution in [0.1, 0.15) is 29.4 Å². The zero-order chi connectivity index (χ0) is 19.7. The van der Waals surface area contributed by atoms with E-state index in [2.05, 4.69) is 20.5 Å². The first-order chi connectivity index (χ1) is 13.4. The molecule has 0 radical (unpaired) electrons. The summed E-state index contributed by atoms with van der Waals surface area (Å²) < 4.78 is 14.5. The fraction of sp³-hybridized carbons (Fsp3) is 0.211. The molecule has 1 aliphatic rings. The van der Waals surface area contributed by atoms with Gasteiger partial charge in [0.1, 0.15) is 5.82 Å². The number of thioether (sulfide) groups is 1. The summed E-state index contributed by atoms with van der Waals surface area (Å²) in [5.74, 6) is 0.0216. The van der Waals surface area contributed by atoms with Crippen molar-refractivity contribution in [2.75, 3.05) is 11.1 Å². The van der Waals surface area contributed by atoms with Crippen LogP contribution in [0.3, 0.4) is 0 Å². The number of nitrogens with zero attached hydrogens (tertiary/aromatic N) is 2. The molecule has 0 spiro atoms. The Kier molecular flexibility index (Phi) is 4.94. The molecule has 0 bridgehead atoms. The largest absolute Gasteiger partial charge is 0.379 e. The number of rotatable bonds is 4. The summed E-state index contributed by atoms with van der Waals surface area (Å²) in [6.45, 7) is 1.85. The zero-order valence-corrected chi connectivity index (χ0v) is 16.7. The van der Waals surface area contributed by atoms with Gasteiger partial charge in [-0.15, -0.1) is 11.3 Å². The maximum absolute atomic E-state index is 14.5. The van der Waals surface area contributed by atoms with Crippen molar-refractivity contribution in [3.8, 4) is 10.6 Å². The number of nitrogens with two attached hydrogens (primary N) is 1. The van der Waals surface area contributed by atoms with Crippen LogP contribution < -0.4 is 11.1 Å². The van der Waals surface area contributed by atoms with E-state index in [4.69, 9.17) is 5.73 Å². The minimum absolute atomic E-state index is 0.261. The van der Waals surface area contributed by atoms with Crippen molar-refractivity contribution >= 4 is 39.9 Å². The molecule has 1 atom stereocenters. The van der Waals surface area contributed by atoms with Gasteiger partial charge in [-0.3, -0.25) is 14.9 Å². The van der Waals surface area contributed by atoms with Crippen molar-refractivity contribution < 1.29 is 9.18 Å². The van der Waals surface area contributed by atoms with Gasteiger partial charge < -0.3 is 11.1 Å². The zero-order valence-electron chi connectivity index (χ0n) is 15.0. The van der Waals surface area contributed by atoms with Gasteiger partial charge in [-0.25, -0.2) is 4.39 Å². The molecule has 4 rings (SSSR count). The highest BCUT2D eigenvalue weighted by Gasteiger charge is 2.32. The molecule has 2 aromatic heterocycles. The number of amidine groups is 1. The SMILES string of the molecule is CC1(c2cc(NC(=O)c3cc(-c4cccs4)[nH]n3)ccc2F)CCSC(N)=N1. The van der Waals surface area contributed by atoms with Crippen molar-refractivity contribution in [2.45, 2.75) is 18.9 Å². The number of anilines is 1. The monoisotopic (exact) mass is 415 g/mol. The molecule has 0 saturated heterocycles. The topological polar surface area (TPSA) is 96.2 Å². The first kappa shape index (κ1) is 18.7. The number of thiophene rings is 1. The quantitative estimate of drug-likeness (QED) is 0.595. The van der Waals surface area contributed by atoms with Gasteiger partial charge >= 0.3 is 0 Å². The molecule has 9 heteroatoms. The highest BCUT2D eigenvalue weighted by atomic mass is 32.2. The smallest absolute Gasteiger partial charge is 0.276 e. The van der Waals surface area contributed by atoms with Crippen LogP contribution in [0.4, 0.5) is 10.1 Å². The van der Waals surface area contributed by atoms with Crippen molar-refractivity contribution in [1.29, 1.82) is 0 Å². The highest BCUT2D eigenvalue weighted by molar-refractivity contribution is 8.13. The van der Waals surface area contributed by atoms with Crippen LogP contribution >= 0.6 is 23.1 Å². The van der Waals surface area contributed by atoms with E-state index in [1.54, 1.807) is 23.5 Å². The number of H-pyrrole nitrogens is 1. The van der Waals surface area contributed by atoms with Crippen molar-refractivity contribution in [3.63, 3.8) is 0 Å². The van der Waals surface area contributed by atoms with Crippen LogP contribution in [-0.4, -0.2) is 27.0 Å². The van der Waals surface area contributed by atoms with Gasteiger partial charge in [-0.2, -0.15) is 5.10 Å². The Morgan fingerprint density at radius 3 is 2.96 bits per heavy atom. The molecule has 6 nitrogen and oxygen atoms in total. The summed E-state index contributed by atoms with van der Waals surface area (Å²) >= 11 is 3.01. The lowest BCUT2D eigenvalue weighted by Gasteiger charge is -2.30. The van der Waals surface area contributed by atoms with Crippen LogP contribution in [0.25, 0.3) is 10.6 Å².